The number of nitrogens with one attached hydrogen (secondary N) is 1. The molecule has 4 atom stereocenters. The number of aromatic hydroxyl groups is 1. The molecule has 1 saturated carbocycles. The summed E-state index contributed by atoms with van der Waals surface area (Å²) in [5.41, 5.74) is 2.95. The van der Waals surface area contributed by atoms with Crippen molar-refractivity contribution >= 4 is 11.6 Å². The van der Waals surface area contributed by atoms with Crippen LogP contribution >= 0.6 is 0 Å². The van der Waals surface area contributed by atoms with Crippen molar-refractivity contribution in [3.63, 3.8) is 0 Å². The van der Waals surface area contributed by atoms with E-state index < -0.39 is 11.6 Å². The molecule has 1 aromatic carbocycles. The minimum Gasteiger partial charge on any atom is -0.508 e. The Hall–Kier alpha value is -2.82. The number of phenols is 1. The molecule has 1 fully saturated rings. The van der Waals surface area contributed by atoms with Crippen LogP contribution in [0.15, 0.2) is 59.0 Å². The summed E-state index contributed by atoms with van der Waals surface area (Å²) in [5.74, 6) is -0.240. The fourth-order valence-electron chi connectivity index (χ4n) is 6.58. The number of rotatable bonds is 6. The number of Topliss-reactive ketones (excluding diaryl/α,β-unsaturated/α-hetero) is 1. The molecule has 5 nitrogen and oxygen atoms in total. The molecular formula is C29H37NO4. The number of hydrogen-bond acceptors (Lipinski definition) is 5. The first-order valence-electron chi connectivity index (χ1n) is 12.5. The number of carbonyl (C=O) groups excluding carboxylic acids is 2. The van der Waals surface area contributed by atoms with E-state index in [0.717, 1.165) is 31.2 Å². The minimum atomic E-state index is -0.578. The molecule has 3 N–H and O–H groups in total. The molecule has 0 bridgehead atoms. The lowest BCUT2D eigenvalue weighted by Crippen LogP contribution is -2.50. The molecule has 0 aromatic heterocycles. The molecule has 34 heavy (non-hydrogen) atoms. The van der Waals surface area contributed by atoms with E-state index in [2.05, 4.69) is 39.1 Å². The first-order valence-corrected chi connectivity index (χ1v) is 12.5. The third-order valence-electron chi connectivity index (χ3n) is 9.13. The lowest BCUT2D eigenvalue weighted by atomic mass is 9.46. The summed E-state index contributed by atoms with van der Waals surface area (Å²) < 4.78 is 0. The Balaban J connectivity index is 1.57. The van der Waals surface area contributed by atoms with Crippen molar-refractivity contribution < 1.29 is 19.8 Å². The van der Waals surface area contributed by atoms with Gasteiger partial charge >= 0.3 is 0 Å². The molecule has 3 aliphatic carbocycles. The number of aliphatic hydroxyl groups is 1. The highest BCUT2D eigenvalue weighted by Crippen LogP contribution is 2.62. The van der Waals surface area contributed by atoms with Gasteiger partial charge in [-0.25, -0.2) is 0 Å². The molecule has 0 heterocycles. The number of fused-ring (bicyclic) bond motifs is 1. The van der Waals surface area contributed by atoms with Crippen LogP contribution in [0.4, 0.5) is 0 Å². The topological polar surface area (TPSA) is 86.6 Å². The monoisotopic (exact) mass is 463 g/mol. The summed E-state index contributed by atoms with van der Waals surface area (Å²) in [4.78, 5) is 25.6. The molecule has 0 saturated heterocycles. The molecule has 0 amide bonds. The summed E-state index contributed by atoms with van der Waals surface area (Å²) in [6.45, 7) is 9.59. The van der Waals surface area contributed by atoms with Gasteiger partial charge in [0.1, 0.15) is 11.5 Å². The van der Waals surface area contributed by atoms with E-state index in [1.54, 1.807) is 12.1 Å². The number of aliphatic hydroxyl groups excluding tert-OH is 1. The van der Waals surface area contributed by atoms with Crippen molar-refractivity contribution in [3.05, 3.63) is 64.6 Å². The van der Waals surface area contributed by atoms with Crippen LogP contribution in [0.3, 0.4) is 0 Å². The third kappa shape index (κ3) is 4.21. The minimum absolute atomic E-state index is 0.0842. The SMILES string of the molecule is CC1=CCC[C@H]2[C@](C)(CC3=C(O)C(NCCc4ccc(O)cc4)=CC(=O)C3=O)[C@@H](C)CC[C@@]12C. The van der Waals surface area contributed by atoms with Gasteiger partial charge in [-0.15, -0.1) is 0 Å². The first-order chi connectivity index (χ1) is 16.1. The molecule has 0 spiro atoms. The van der Waals surface area contributed by atoms with Gasteiger partial charge in [0, 0.05) is 18.2 Å². The molecule has 4 rings (SSSR count). The second-order valence-corrected chi connectivity index (χ2v) is 11.0. The Kier molecular flexibility index (Phi) is 6.50. The van der Waals surface area contributed by atoms with Gasteiger partial charge in [0.2, 0.25) is 11.6 Å². The van der Waals surface area contributed by atoms with Crippen LogP contribution in [0.1, 0.15) is 65.4 Å². The predicted molar refractivity (Wildman–Crippen MR) is 133 cm³/mol. The average molecular weight is 464 g/mol. The van der Waals surface area contributed by atoms with Crippen molar-refractivity contribution in [2.75, 3.05) is 6.54 Å². The van der Waals surface area contributed by atoms with Gasteiger partial charge in [-0.05, 0) is 85.8 Å². The van der Waals surface area contributed by atoms with E-state index in [1.165, 1.54) is 11.6 Å². The molecule has 1 aromatic rings. The zero-order valence-electron chi connectivity index (χ0n) is 20.8. The molecule has 0 radical (unpaired) electrons. The zero-order chi connectivity index (χ0) is 24.7. The standard InChI is InChI=1S/C29H37NO4/c1-18-6-5-7-25-28(18,3)14-12-19(2)29(25,4)17-22-26(33)23(16-24(32)27(22)34)30-15-13-20-8-10-21(31)11-9-20/h6,8-11,16,19,25,30-31,33H,5,7,12-15,17H2,1-4H3/t19-,25+,28-,29+/m0/s1. The van der Waals surface area contributed by atoms with E-state index in [0.29, 0.717) is 36.9 Å². The van der Waals surface area contributed by atoms with Crippen molar-refractivity contribution in [1.82, 2.24) is 5.32 Å². The fourth-order valence-corrected chi connectivity index (χ4v) is 6.58. The van der Waals surface area contributed by atoms with Gasteiger partial charge < -0.3 is 15.5 Å². The van der Waals surface area contributed by atoms with Gasteiger partial charge in [-0.3, -0.25) is 9.59 Å². The number of phenolic OH excluding ortho intramolecular Hbond substituents is 1. The number of carbonyl (C=O) groups is 2. The second kappa shape index (κ2) is 9.09. The van der Waals surface area contributed by atoms with Gasteiger partial charge in [-0.1, -0.05) is 44.6 Å². The lowest BCUT2D eigenvalue weighted by Gasteiger charge is -2.58. The van der Waals surface area contributed by atoms with Crippen LogP contribution in [0, 0.1) is 22.7 Å². The third-order valence-corrected chi connectivity index (χ3v) is 9.13. The van der Waals surface area contributed by atoms with Gasteiger partial charge in [0.15, 0.2) is 0 Å². The van der Waals surface area contributed by atoms with Crippen molar-refractivity contribution in [2.24, 2.45) is 22.7 Å². The van der Waals surface area contributed by atoms with E-state index in [1.807, 2.05) is 12.1 Å². The Morgan fingerprint density at radius 2 is 1.79 bits per heavy atom. The normalized spacial score (nSPS) is 31.6. The van der Waals surface area contributed by atoms with E-state index >= 15 is 0 Å². The fraction of sp³-hybridized carbons (Fsp3) is 0.517. The Labute approximate surface area is 202 Å². The largest absolute Gasteiger partial charge is 0.508 e. The summed E-state index contributed by atoms with van der Waals surface area (Å²) in [7, 11) is 0. The Morgan fingerprint density at radius 1 is 1.09 bits per heavy atom. The molecule has 0 unspecified atom stereocenters. The highest BCUT2D eigenvalue weighted by molar-refractivity contribution is 6.48. The smallest absolute Gasteiger partial charge is 0.232 e. The number of ketones is 2. The maximum atomic E-state index is 13.0. The number of allylic oxidation sites excluding steroid dienone is 4. The average Bonchev–Trinajstić information content (AvgIpc) is 2.80. The summed E-state index contributed by atoms with van der Waals surface area (Å²) in [5, 5.41) is 23.7. The van der Waals surface area contributed by atoms with Crippen molar-refractivity contribution in [2.45, 2.75) is 66.2 Å². The van der Waals surface area contributed by atoms with Gasteiger partial charge in [0.25, 0.3) is 0 Å². The Morgan fingerprint density at radius 3 is 2.50 bits per heavy atom. The highest BCUT2D eigenvalue weighted by Gasteiger charge is 2.54. The maximum Gasteiger partial charge on any atom is 0.232 e. The number of hydrogen-bond donors (Lipinski definition) is 3. The van der Waals surface area contributed by atoms with Crippen LogP contribution in [0.2, 0.25) is 0 Å². The molecule has 5 heteroatoms. The van der Waals surface area contributed by atoms with Gasteiger partial charge in [-0.2, -0.15) is 0 Å². The molecular weight excluding hydrogens is 426 g/mol. The van der Waals surface area contributed by atoms with E-state index in [-0.39, 0.29) is 27.9 Å². The van der Waals surface area contributed by atoms with Crippen LogP contribution in [0.5, 0.6) is 5.75 Å². The summed E-state index contributed by atoms with van der Waals surface area (Å²) in [6, 6.07) is 6.94. The highest BCUT2D eigenvalue weighted by atomic mass is 16.3. The van der Waals surface area contributed by atoms with E-state index in [4.69, 9.17) is 0 Å². The zero-order valence-corrected chi connectivity index (χ0v) is 20.8. The summed E-state index contributed by atoms with van der Waals surface area (Å²) in [6.07, 6.45) is 8.96. The maximum absolute atomic E-state index is 13.0. The van der Waals surface area contributed by atoms with Crippen molar-refractivity contribution in [3.8, 4) is 5.75 Å². The van der Waals surface area contributed by atoms with Crippen LogP contribution < -0.4 is 5.32 Å². The van der Waals surface area contributed by atoms with Crippen molar-refractivity contribution in [1.29, 1.82) is 0 Å². The predicted octanol–water partition coefficient (Wildman–Crippen LogP) is 5.56. The van der Waals surface area contributed by atoms with Gasteiger partial charge in [0.05, 0.1) is 5.70 Å². The lowest BCUT2D eigenvalue weighted by molar-refractivity contribution is -0.132. The van der Waals surface area contributed by atoms with Crippen LogP contribution in [-0.4, -0.2) is 28.3 Å². The molecule has 3 aliphatic rings. The summed E-state index contributed by atoms with van der Waals surface area (Å²) >= 11 is 0. The molecule has 0 aliphatic heterocycles. The molecule has 182 valence electrons. The quantitative estimate of drug-likeness (QED) is 0.292. The van der Waals surface area contributed by atoms with Crippen LogP contribution in [0.25, 0.3) is 0 Å². The van der Waals surface area contributed by atoms with E-state index in [9.17, 15) is 19.8 Å². The number of benzene rings is 1. The first kappa shape index (κ1) is 24.3. The second-order valence-electron chi connectivity index (χ2n) is 11.0. The Bertz CT molecular complexity index is 1080. The van der Waals surface area contributed by atoms with Crippen LogP contribution in [-0.2, 0) is 16.0 Å².